The zero-order valence-electron chi connectivity index (χ0n) is 11.3. The average Bonchev–Trinajstić information content (AvgIpc) is 2.27. The van der Waals surface area contributed by atoms with E-state index in [4.69, 9.17) is 9.47 Å². The van der Waals surface area contributed by atoms with Gasteiger partial charge in [0.25, 0.3) is 0 Å². The van der Waals surface area contributed by atoms with Gasteiger partial charge < -0.3 is 9.47 Å². The number of aliphatic imine (C=N–C) groups is 1. The van der Waals surface area contributed by atoms with Crippen molar-refractivity contribution in [3.05, 3.63) is 29.8 Å². The molecule has 17 heavy (non-hydrogen) atoms. The Balaban J connectivity index is 3.01. The van der Waals surface area contributed by atoms with Crippen LogP contribution in [-0.2, 0) is 4.74 Å². The Morgan fingerprint density at radius 3 is 2.18 bits per heavy atom. The van der Waals surface area contributed by atoms with E-state index in [1.807, 2.05) is 31.2 Å². The van der Waals surface area contributed by atoms with Crippen LogP contribution in [0.1, 0.15) is 33.3 Å². The van der Waals surface area contributed by atoms with Crippen LogP contribution in [0.4, 0.5) is 0 Å². The van der Waals surface area contributed by atoms with Crippen molar-refractivity contribution in [2.75, 3.05) is 13.7 Å². The summed E-state index contributed by atoms with van der Waals surface area (Å²) in [4.78, 5) is 4.58. The summed E-state index contributed by atoms with van der Waals surface area (Å²) < 4.78 is 10.7. The lowest BCUT2D eigenvalue weighted by Gasteiger charge is -2.16. The Morgan fingerprint density at radius 2 is 1.76 bits per heavy atom. The van der Waals surface area contributed by atoms with E-state index >= 15 is 0 Å². The maximum Gasteiger partial charge on any atom is 0.216 e. The van der Waals surface area contributed by atoms with Crippen molar-refractivity contribution in [3.63, 3.8) is 0 Å². The van der Waals surface area contributed by atoms with Gasteiger partial charge >= 0.3 is 0 Å². The minimum Gasteiger partial charge on any atom is -0.497 e. The van der Waals surface area contributed by atoms with E-state index in [1.165, 1.54) is 0 Å². The number of rotatable bonds is 3. The quantitative estimate of drug-likeness (QED) is 0.594. The predicted octanol–water partition coefficient (Wildman–Crippen LogP) is 3.28. The Hall–Kier alpha value is -1.51. The van der Waals surface area contributed by atoms with Gasteiger partial charge in [-0.3, -0.25) is 0 Å². The summed E-state index contributed by atoms with van der Waals surface area (Å²) in [5.74, 6) is 1.52. The van der Waals surface area contributed by atoms with Crippen LogP contribution in [0, 0.1) is 0 Å². The Bertz CT molecular complexity index is 374. The second-order valence-corrected chi connectivity index (χ2v) is 4.75. The van der Waals surface area contributed by atoms with E-state index in [-0.39, 0.29) is 5.54 Å². The van der Waals surface area contributed by atoms with Crippen LogP contribution < -0.4 is 4.74 Å². The first-order valence-corrected chi connectivity index (χ1v) is 5.83. The SMILES string of the molecule is CCOC(=NC(C)(C)C)c1ccc(OC)cc1. The molecule has 3 heteroatoms. The minimum atomic E-state index is -0.148. The van der Waals surface area contributed by atoms with Gasteiger partial charge in [0.2, 0.25) is 5.90 Å². The van der Waals surface area contributed by atoms with Gasteiger partial charge in [-0.15, -0.1) is 0 Å². The summed E-state index contributed by atoms with van der Waals surface area (Å²) in [7, 11) is 1.65. The number of hydrogen-bond donors (Lipinski definition) is 0. The molecule has 0 saturated heterocycles. The largest absolute Gasteiger partial charge is 0.497 e. The normalized spacial score (nSPS) is 12.4. The molecule has 0 atom stereocenters. The van der Waals surface area contributed by atoms with E-state index in [2.05, 4.69) is 25.8 Å². The van der Waals surface area contributed by atoms with E-state index < -0.39 is 0 Å². The molecule has 0 spiro atoms. The number of benzene rings is 1. The van der Waals surface area contributed by atoms with Crippen molar-refractivity contribution in [1.29, 1.82) is 0 Å². The molecular formula is C14H21NO2. The number of ether oxygens (including phenoxy) is 2. The summed E-state index contributed by atoms with van der Waals surface area (Å²) >= 11 is 0. The zero-order valence-corrected chi connectivity index (χ0v) is 11.3. The fourth-order valence-corrected chi connectivity index (χ4v) is 1.36. The topological polar surface area (TPSA) is 30.8 Å². The average molecular weight is 235 g/mol. The molecule has 0 fully saturated rings. The van der Waals surface area contributed by atoms with Crippen LogP contribution in [-0.4, -0.2) is 25.2 Å². The van der Waals surface area contributed by atoms with Gasteiger partial charge in [0.05, 0.1) is 19.3 Å². The molecular weight excluding hydrogens is 214 g/mol. The van der Waals surface area contributed by atoms with Gasteiger partial charge in [-0.25, -0.2) is 4.99 Å². The second kappa shape index (κ2) is 5.71. The smallest absolute Gasteiger partial charge is 0.216 e. The van der Waals surface area contributed by atoms with Gasteiger partial charge in [-0.2, -0.15) is 0 Å². The van der Waals surface area contributed by atoms with Gasteiger partial charge in [0, 0.05) is 5.56 Å². The molecule has 0 aliphatic heterocycles. The van der Waals surface area contributed by atoms with Gasteiger partial charge in [-0.05, 0) is 52.0 Å². The van der Waals surface area contributed by atoms with Crippen molar-refractivity contribution in [1.82, 2.24) is 0 Å². The molecule has 0 radical (unpaired) electrons. The lowest BCUT2D eigenvalue weighted by Crippen LogP contribution is -2.17. The first kappa shape index (κ1) is 13.6. The first-order valence-electron chi connectivity index (χ1n) is 5.83. The highest BCUT2D eigenvalue weighted by atomic mass is 16.5. The second-order valence-electron chi connectivity index (χ2n) is 4.75. The van der Waals surface area contributed by atoms with Crippen molar-refractivity contribution >= 4 is 5.90 Å². The molecule has 0 amide bonds. The molecule has 0 saturated carbocycles. The van der Waals surface area contributed by atoms with Crippen molar-refractivity contribution < 1.29 is 9.47 Å². The maximum absolute atomic E-state index is 5.59. The van der Waals surface area contributed by atoms with Crippen LogP contribution >= 0.6 is 0 Å². The van der Waals surface area contributed by atoms with Crippen molar-refractivity contribution in [2.45, 2.75) is 33.2 Å². The molecule has 0 aromatic heterocycles. The fraction of sp³-hybridized carbons (Fsp3) is 0.500. The summed E-state index contributed by atoms with van der Waals surface area (Å²) in [5.41, 5.74) is 0.826. The molecule has 1 rings (SSSR count). The molecule has 0 unspecified atom stereocenters. The number of methoxy groups -OCH3 is 1. The predicted molar refractivity (Wildman–Crippen MR) is 70.9 cm³/mol. The Labute approximate surface area is 103 Å². The van der Waals surface area contributed by atoms with E-state index in [1.54, 1.807) is 7.11 Å². The first-order chi connectivity index (χ1) is 7.96. The van der Waals surface area contributed by atoms with Crippen LogP contribution in [0.3, 0.4) is 0 Å². The minimum absolute atomic E-state index is 0.148. The summed E-state index contributed by atoms with van der Waals surface area (Å²) in [6.45, 7) is 8.73. The molecule has 0 heterocycles. The molecule has 0 aliphatic rings. The highest BCUT2D eigenvalue weighted by Gasteiger charge is 2.12. The standard InChI is InChI=1S/C14H21NO2/c1-6-17-13(15-14(2,3)4)11-7-9-12(16-5)10-8-11/h7-10H,6H2,1-5H3. The molecule has 0 aliphatic carbocycles. The van der Waals surface area contributed by atoms with Gasteiger partial charge in [0.1, 0.15) is 5.75 Å². The van der Waals surface area contributed by atoms with Gasteiger partial charge in [-0.1, -0.05) is 0 Å². The molecule has 94 valence electrons. The summed E-state index contributed by atoms with van der Waals surface area (Å²) in [6.07, 6.45) is 0. The van der Waals surface area contributed by atoms with Crippen molar-refractivity contribution in [3.8, 4) is 5.75 Å². The Kier molecular flexibility index (Phi) is 4.55. The molecule has 0 bridgehead atoms. The molecule has 1 aromatic carbocycles. The highest BCUT2D eigenvalue weighted by molar-refractivity contribution is 5.94. The molecule has 0 N–H and O–H groups in total. The zero-order chi connectivity index (χ0) is 12.9. The Morgan fingerprint density at radius 1 is 1.18 bits per heavy atom. The fourth-order valence-electron chi connectivity index (χ4n) is 1.36. The number of hydrogen-bond acceptors (Lipinski definition) is 3. The third-order valence-corrected chi connectivity index (χ3v) is 2.05. The van der Waals surface area contributed by atoms with Crippen LogP contribution in [0.15, 0.2) is 29.3 Å². The molecule has 3 nitrogen and oxygen atoms in total. The summed E-state index contributed by atoms with van der Waals surface area (Å²) in [6, 6.07) is 7.73. The van der Waals surface area contributed by atoms with E-state index in [0.29, 0.717) is 12.5 Å². The monoisotopic (exact) mass is 235 g/mol. The highest BCUT2D eigenvalue weighted by Crippen LogP contribution is 2.15. The van der Waals surface area contributed by atoms with Crippen LogP contribution in [0.5, 0.6) is 5.75 Å². The maximum atomic E-state index is 5.59. The van der Waals surface area contributed by atoms with Gasteiger partial charge in [0.15, 0.2) is 0 Å². The van der Waals surface area contributed by atoms with Crippen LogP contribution in [0.25, 0.3) is 0 Å². The third kappa shape index (κ3) is 4.47. The lowest BCUT2D eigenvalue weighted by molar-refractivity contribution is 0.321. The van der Waals surface area contributed by atoms with E-state index in [9.17, 15) is 0 Å². The van der Waals surface area contributed by atoms with Crippen molar-refractivity contribution in [2.24, 2.45) is 4.99 Å². The summed E-state index contributed by atoms with van der Waals surface area (Å²) in [5, 5.41) is 0. The lowest BCUT2D eigenvalue weighted by atomic mass is 10.1. The van der Waals surface area contributed by atoms with Crippen LogP contribution in [0.2, 0.25) is 0 Å². The third-order valence-electron chi connectivity index (χ3n) is 2.05. The number of nitrogens with zero attached hydrogens (tertiary/aromatic N) is 1. The van der Waals surface area contributed by atoms with E-state index in [0.717, 1.165) is 11.3 Å². The molecule has 1 aromatic rings.